The molecule has 0 aromatic heterocycles. The Balaban J connectivity index is 1.79. The summed E-state index contributed by atoms with van der Waals surface area (Å²) in [5, 5.41) is 13.6. The van der Waals surface area contributed by atoms with Gasteiger partial charge in [0, 0.05) is 20.2 Å². The molecule has 0 heterocycles. The van der Waals surface area contributed by atoms with Gasteiger partial charge >= 0.3 is 0 Å². The fourth-order valence-electron chi connectivity index (χ4n) is 2.55. The Kier molecular flexibility index (Phi) is 5.83. The number of aliphatic hydroxyl groups is 1. The number of rotatable bonds is 8. The van der Waals surface area contributed by atoms with Gasteiger partial charge in [-0.05, 0) is 30.5 Å². The van der Waals surface area contributed by atoms with Crippen molar-refractivity contribution in [3.63, 3.8) is 0 Å². The second-order valence-corrected chi connectivity index (χ2v) is 5.54. The predicted molar refractivity (Wildman–Crippen MR) is 78.9 cm³/mol. The Morgan fingerprint density at radius 1 is 1.30 bits per heavy atom. The van der Waals surface area contributed by atoms with Crippen molar-refractivity contribution in [2.75, 3.05) is 26.9 Å². The van der Waals surface area contributed by atoms with Gasteiger partial charge in [-0.15, -0.1) is 0 Å². The molecule has 2 N–H and O–H groups in total. The average molecular weight is 279 g/mol. The number of hydrogen-bond donors (Lipinski definition) is 2. The van der Waals surface area contributed by atoms with Gasteiger partial charge in [-0.3, -0.25) is 0 Å². The first kappa shape index (κ1) is 15.3. The lowest BCUT2D eigenvalue weighted by atomic mass is 10.0. The molecule has 1 aliphatic carbocycles. The molecule has 4 nitrogen and oxygen atoms in total. The summed E-state index contributed by atoms with van der Waals surface area (Å²) in [6.07, 6.45) is 3.91. The van der Waals surface area contributed by atoms with Crippen LogP contribution in [0.1, 0.15) is 31.2 Å². The molecule has 0 radical (unpaired) electrons. The van der Waals surface area contributed by atoms with Crippen LogP contribution in [0, 0.1) is 0 Å². The Morgan fingerprint density at radius 3 is 2.85 bits per heavy atom. The average Bonchev–Trinajstić information content (AvgIpc) is 2.89. The molecular formula is C16H25NO3. The van der Waals surface area contributed by atoms with Crippen LogP contribution < -0.4 is 10.1 Å². The second-order valence-electron chi connectivity index (χ2n) is 5.54. The zero-order valence-electron chi connectivity index (χ0n) is 12.2. The first-order chi connectivity index (χ1) is 9.72. The minimum absolute atomic E-state index is 0.396. The highest BCUT2D eigenvalue weighted by atomic mass is 16.5. The summed E-state index contributed by atoms with van der Waals surface area (Å²) in [4.78, 5) is 0. The Hall–Kier alpha value is -1.10. The third kappa shape index (κ3) is 4.78. The van der Waals surface area contributed by atoms with E-state index in [0.717, 1.165) is 44.5 Å². The Bertz CT molecular complexity index is 402. The van der Waals surface area contributed by atoms with Crippen molar-refractivity contribution in [3.05, 3.63) is 29.8 Å². The van der Waals surface area contributed by atoms with E-state index in [9.17, 15) is 5.11 Å². The van der Waals surface area contributed by atoms with Crippen LogP contribution in [0.4, 0.5) is 0 Å². The van der Waals surface area contributed by atoms with Crippen molar-refractivity contribution >= 4 is 0 Å². The molecule has 0 atom stereocenters. The highest BCUT2D eigenvalue weighted by Crippen LogP contribution is 2.30. The molecular weight excluding hydrogens is 254 g/mol. The standard InChI is InChI=1S/C16H25NO3/c1-19-10-9-17-12-14-5-4-6-15(11-14)20-13-16(18)7-2-3-8-16/h4-6,11,17-18H,2-3,7-10,12-13H2,1H3. The molecule has 0 bridgehead atoms. The third-order valence-corrected chi connectivity index (χ3v) is 3.75. The van der Waals surface area contributed by atoms with E-state index in [1.165, 1.54) is 5.56 Å². The van der Waals surface area contributed by atoms with Gasteiger partial charge in [0.1, 0.15) is 12.4 Å². The fraction of sp³-hybridized carbons (Fsp3) is 0.625. The highest BCUT2D eigenvalue weighted by Gasteiger charge is 2.31. The molecule has 1 saturated carbocycles. The second kappa shape index (κ2) is 7.62. The lowest BCUT2D eigenvalue weighted by Gasteiger charge is -2.22. The maximum absolute atomic E-state index is 10.3. The van der Waals surface area contributed by atoms with Crippen LogP contribution in [0.5, 0.6) is 5.75 Å². The number of benzene rings is 1. The summed E-state index contributed by atoms with van der Waals surface area (Å²) in [5.74, 6) is 0.830. The van der Waals surface area contributed by atoms with Crippen LogP contribution in [0.25, 0.3) is 0 Å². The van der Waals surface area contributed by atoms with Crippen molar-refractivity contribution in [2.24, 2.45) is 0 Å². The van der Waals surface area contributed by atoms with Crippen molar-refractivity contribution in [3.8, 4) is 5.75 Å². The molecule has 2 rings (SSSR count). The summed E-state index contributed by atoms with van der Waals surface area (Å²) < 4.78 is 10.8. The Morgan fingerprint density at radius 2 is 2.10 bits per heavy atom. The number of methoxy groups -OCH3 is 1. The van der Waals surface area contributed by atoms with E-state index >= 15 is 0 Å². The van der Waals surface area contributed by atoms with Crippen molar-refractivity contribution in [2.45, 2.75) is 37.8 Å². The lowest BCUT2D eigenvalue weighted by Crippen LogP contribution is -2.32. The van der Waals surface area contributed by atoms with Gasteiger partial charge in [0.25, 0.3) is 0 Å². The summed E-state index contributed by atoms with van der Waals surface area (Å²) in [6.45, 7) is 2.74. The van der Waals surface area contributed by atoms with Gasteiger partial charge in [-0.1, -0.05) is 25.0 Å². The molecule has 4 heteroatoms. The van der Waals surface area contributed by atoms with Gasteiger partial charge in [0.15, 0.2) is 0 Å². The maximum atomic E-state index is 10.3. The predicted octanol–water partition coefficient (Wildman–Crippen LogP) is 2.11. The first-order valence-electron chi connectivity index (χ1n) is 7.36. The van der Waals surface area contributed by atoms with Gasteiger partial charge < -0.3 is 19.9 Å². The van der Waals surface area contributed by atoms with Crippen LogP contribution >= 0.6 is 0 Å². The zero-order chi connectivity index (χ0) is 14.3. The largest absolute Gasteiger partial charge is 0.491 e. The monoisotopic (exact) mass is 279 g/mol. The van der Waals surface area contributed by atoms with E-state index in [1.54, 1.807) is 7.11 Å². The van der Waals surface area contributed by atoms with Crippen LogP contribution in [-0.2, 0) is 11.3 Å². The Labute approximate surface area is 121 Å². The van der Waals surface area contributed by atoms with Crippen LogP contribution in [-0.4, -0.2) is 37.6 Å². The van der Waals surface area contributed by atoms with Crippen molar-refractivity contribution in [1.82, 2.24) is 5.32 Å². The summed E-state index contributed by atoms with van der Waals surface area (Å²) in [7, 11) is 1.70. The zero-order valence-corrected chi connectivity index (χ0v) is 12.2. The topological polar surface area (TPSA) is 50.7 Å². The molecule has 0 saturated heterocycles. The number of nitrogens with one attached hydrogen (secondary N) is 1. The molecule has 0 aliphatic heterocycles. The summed E-state index contributed by atoms with van der Waals surface area (Å²) in [6, 6.07) is 8.02. The molecule has 1 fully saturated rings. The van der Waals surface area contributed by atoms with Crippen LogP contribution in [0.15, 0.2) is 24.3 Å². The first-order valence-corrected chi connectivity index (χ1v) is 7.36. The van der Waals surface area contributed by atoms with E-state index in [0.29, 0.717) is 13.2 Å². The van der Waals surface area contributed by atoms with Gasteiger partial charge in [0.05, 0.1) is 12.2 Å². The molecule has 20 heavy (non-hydrogen) atoms. The molecule has 112 valence electrons. The van der Waals surface area contributed by atoms with Crippen molar-refractivity contribution in [1.29, 1.82) is 0 Å². The minimum atomic E-state index is -0.618. The minimum Gasteiger partial charge on any atom is -0.491 e. The quantitative estimate of drug-likeness (QED) is 0.716. The number of ether oxygens (including phenoxy) is 2. The van der Waals surface area contributed by atoms with E-state index in [-0.39, 0.29) is 0 Å². The van der Waals surface area contributed by atoms with Gasteiger partial charge in [-0.2, -0.15) is 0 Å². The lowest BCUT2D eigenvalue weighted by molar-refractivity contribution is 0.00138. The molecule has 0 unspecified atom stereocenters. The van der Waals surface area contributed by atoms with E-state index in [4.69, 9.17) is 9.47 Å². The maximum Gasteiger partial charge on any atom is 0.119 e. The molecule has 1 aromatic rings. The summed E-state index contributed by atoms with van der Waals surface area (Å²) in [5.41, 5.74) is 0.559. The van der Waals surface area contributed by atoms with E-state index < -0.39 is 5.60 Å². The van der Waals surface area contributed by atoms with Gasteiger partial charge in [-0.25, -0.2) is 0 Å². The van der Waals surface area contributed by atoms with Crippen LogP contribution in [0.2, 0.25) is 0 Å². The van der Waals surface area contributed by atoms with E-state index in [2.05, 4.69) is 11.4 Å². The van der Waals surface area contributed by atoms with Crippen LogP contribution in [0.3, 0.4) is 0 Å². The highest BCUT2D eigenvalue weighted by molar-refractivity contribution is 5.28. The third-order valence-electron chi connectivity index (χ3n) is 3.75. The smallest absolute Gasteiger partial charge is 0.119 e. The normalized spacial score (nSPS) is 17.3. The number of hydrogen-bond acceptors (Lipinski definition) is 4. The molecule has 1 aromatic carbocycles. The van der Waals surface area contributed by atoms with Gasteiger partial charge in [0.2, 0.25) is 0 Å². The molecule has 0 amide bonds. The SMILES string of the molecule is COCCNCc1cccc(OCC2(O)CCCC2)c1. The fourth-order valence-corrected chi connectivity index (χ4v) is 2.55. The van der Waals surface area contributed by atoms with E-state index in [1.807, 2.05) is 18.2 Å². The molecule has 1 aliphatic rings. The summed E-state index contributed by atoms with van der Waals surface area (Å²) >= 11 is 0. The molecule has 0 spiro atoms. The van der Waals surface area contributed by atoms with Crippen molar-refractivity contribution < 1.29 is 14.6 Å².